The van der Waals surface area contributed by atoms with Gasteiger partial charge in [0.15, 0.2) is 25.5 Å². The highest BCUT2D eigenvalue weighted by Gasteiger charge is 2.38. The van der Waals surface area contributed by atoms with Gasteiger partial charge in [-0.15, -0.1) is 0 Å². The Hall–Kier alpha value is -2.59. The molecule has 2 aromatic rings. The molecule has 0 aliphatic carbocycles. The van der Waals surface area contributed by atoms with E-state index < -0.39 is 48.0 Å². The maximum atomic E-state index is 14.2. The number of hydrogen-bond donors (Lipinski definition) is 1. The lowest BCUT2D eigenvalue weighted by atomic mass is 10.1. The molecule has 1 heterocycles. The van der Waals surface area contributed by atoms with Crippen LogP contribution in [0.5, 0.6) is 0 Å². The van der Waals surface area contributed by atoms with Gasteiger partial charge in [0.05, 0.1) is 27.2 Å². The van der Waals surface area contributed by atoms with Gasteiger partial charge in [-0.1, -0.05) is 12.1 Å². The van der Waals surface area contributed by atoms with E-state index in [2.05, 4.69) is 5.32 Å². The number of carbonyl (C=O) groups excluding carboxylic acids is 2. The van der Waals surface area contributed by atoms with Gasteiger partial charge >= 0.3 is 0 Å². The van der Waals surface area contributed by atoms with Crippen LogP contribution in [0.2, 0.25) is 0 Å². The Balaban J connectivity index is 1.90. The van der Waals surface area contributed by atoms with Crippen LogP contribution in [-0.2, 0) is 19.7 Å². The number of ketones is 1. The van der Waals surface area contributed by atoms with Crippen molar-refractivity contribution >= 4 is 37.1 Å². The molecule has 1 saturated heterocycles. The molecule has 1 aliphatic rings. The van der Waals surface area contributed by atoms with E-state index in [9.17, 15) is 30.8 Å². The average molecular weight is 439 g/mol. The van der Waals surface area contributed by atoms with Crippen molar-refractivity contribution in [1.29, 1.82) is 0 Å². The van der Waals surface area contributed by atoms with Crippen molar-refractivity contribution < 1.29 is 30.8 Å². The standard InChI is InChI=1S/C19H18FNO6S2/c1-12(22)13-3-2-4-14(9-13)21-19(23)17-10-15(5-6-18(17)20)29(26,27)16-7-8-28(24,25)11-16/h2-6,9-10,16H,7-8,11H2,1H3,(H,21,23). The molecule has 1 N–H and O–H groups in total. The molecule has 1 atom stereocenters. The van der Waals surface area contributed by atoms with Crippen LogP contribution in [0.3, 0.4) is 0 Å². The zero-order valence-corrected chi connectivity index (χ0v) is 17.0. The van der Waals surface area contributed by atoms with Gasteiger partial charge in [-0.2, -0.15) is 0 Å². The number of rotatable bonds is 5. The number of carbonyl (C=O) groups is 2. The molecule has 0 aromatic heterocycles. The van der Waals surface area contributed by atoms with Gasteiger partial charge in [-0.05, 0) is 43.7 Å². The SMILES string of the molecule is CC(=O)c1cccc(NC(=O)c2cc(S(=O)(=O)C3CCS(=O)(=O)C3)ccc2F)c1. The van der Waals surface area contributed by atoms with Crippen LogP contribution in [0.25, 0.3) is 0 Å². The third-order valence-electron chi connectivity index (χ3n) is 4.67. The van der Waals surface area contributed by atoms with Crippen molar-refractivity contribution in [2.24, 2.45) is 0 Å². The molecule has 2 aromatic carbocycles. The highest BCUT2D eigenvalue weighted by atomic mass is 32.2. The minimum absolute atomic E-state index is 0.0403. The lowest BCUT2D eigenvalue weighted by Gasteiger charge is -2.12. The van der Waals surface area contributed by atoms with Crippen LogP contribution < -0.4 is 5.32 Å². The minimum Gasteiger partial charge on any atom is -0.322 e. The van der Waals surface area contributed by atoms with E-state index in [1.54, 1.807) is 12.1 Å². The van der Waals surface area contributed by atoms with E-state index >= 15 is 0 Å². The summed E-state index contributed by atoms with van der Waals surface area (Å²) in [7, 11) is -7.48. The molecule has 1 aliphatic heterocycles. The maximum Gasteiger partial charge on any atom is 0.258 e. The summed E-state index contributed by atoms with van der Waals surface area (Å²) in [5.41, 5.74) is 0.0967. The summed E-state index contributed by atoms with van der Waals surface area (Å²) < 4.78 is 62.9. The molecule has 10 heteroatoms. The van der Waals surface area contributed by atoms with Gasteiger partial charge in [0.2, 0.25) is 0 Å². The number of nitrogens with one attached hydrogen (secondary N) is 1. The number of hydrogen-bond acceptors (Lipinski definition) is 6. The lowest BCUT2D eigenvalue weighted by Crippen LogP contribution is -2.23. The summed E-state index contributed by atoms with van der Waals surface area (Å²) in [5.74, 6) is -2.75. The van der Waals surface area contributed by atoms with Crippen molar-refractivity contribution in [2.45, 2.75) is 23.5 Å². The Bertz CT molecular complexity index is 1200. The highest BCUT2D eigenvalue weighted by Crippen LogP contribution is 2.27. The lowest BCUT2D eigenvalue weighted by molar-refractivity contribution is 0.100. The summed E-state index contributed by atoms with van der Waals surface area (Å²) in [4.78, 5) is 23.6. The van der Waals surface area contributed by atoms with E-state index in [1.807, 2.05) is 0 Å². The summed E-state index contributed by atoms with van der Waals surface area (Å²) in [6.45, 7) is 1.36. The molecule has 0 bridgehead atoms. The Morgan fingerprint density at radius 2 is 1.86 bits per heavy atom. The summed E-state index contributed by atoms with van der Waals surface area (Å²) >= 11 is 0. The highest BCUT2D eigenvalue weighted by molar-refractivity contribution is 7.96. The largest absolute Gasteiger partial charge is 0.322 e. The maximum absolute atomic E-state index is 14.2. The summed E-state index contributed by atoms with van der Waals surface area (Å²) in [6, 6.07) is 8.81. The van der Waals surface area contributed by atoms with Crippen LogP contribution in [0, 0.1) is 5.82 Å². The van der Waals surface area contributed by atoms with Gasteiger partial charge < -0.3 is 5.32 Å². The molecule has 1 unspecified atom stereocenters. The molecule has 154 valence electrons. The van der Waals surface area contributed by atoms with E-state index in [4.69, 9.17) is 0 Å². The average Bonchev–Trinajstić information content (AvgIpc) is 3.02. The van der Waals surface area contributed by atoms with Crippen molar-refractivity contribution in [2.75, 3.05) is 16.8 Å². The van der Waals surface area contributed by atoms with Crippen LogP contribution in [0.15, 0.2) is 47.4 Å². The molecular formula is C19H18FNO6S2. The number of amides is 1. The third kappa shape index (κ3) is 4.54. The first kappa shape index (κ1) is 21.1. The number of halogens is 1. The van der Waals surface area contributed by atoms with E-state index in [-0.39, 0.29) is 28.5 Å². The zero-order chi connectivity index (χ0) is 21.4. The van der Waals surface area contributed by atoms with E-state index in [0.717, 1.165) is 18.2 Å². The summed E-state index contributed by atoms with van der Waals surface area (Å²) in [5, 5.41) is 1.31. The fourth-order valence-electron chi connectivity index (χ4n) is 3.07. The topological polar surface area (TPSA) is 114 Å². The van der Waals surface area contributed by atoms with Gasteiger partial charge in [-0.25, -0.2) is 21.2 Å². The zero-order valence-electron chi connectivity index (χ0n) is 15.4. The number of Topliss-reactive ketones (excluding diaryl/α,β-unsaturated/α-hetero) is 1. The van der Waals surface area contributed by atoms with Crippen molar-refractivity contribution in [3.63, 3.8) is 0 Å². The fourth-order valence-corrected chi connectivity index (χ4v) is 7.45. The molecule has 0 radical (unpaired) electrons. The summed E-state index contributed by atoms with van der Waals surface area (Å²) in [6.07, 6.45) is -0.0403. The molecule has 0 saturated carbocycles. The van der Waals surface area contributed by atoms with Crippen molar-refractivity contribution in [3.05, 3.63) is 59.4 Å². The molecule has 7 nitrogen and oxygen atoms in total. The van der Waals surface area contributed by atoms with Crippen molar-refractivity contribution in [3.8, 4) is 0 Å². The fraction of sp³-hybridized carbons (Fsp3) is 0.263. The predicted octanol–water partition coefficient (Wildman–Crippen LogP) is 2.24. The van der Waals surface area contributed by atoms with Crippen LogP contribution in [0.1, 0.15) is 34.1 Å². The first-order valence-corrected chi connectivity index (χ1v) is 12.0. The molecular weight excluding hydrogens is 421 g/mol. The second-order valence-corrected chi connectivity index (χ2v) is 11.3. The van der Waals surface area contributed by atoms with Crippen LogP contribution >= 0.6 is 0 Å². The molecule has 0 spiro atoms. The van der Waals surface area contributed by atoms with Crippen molar-refractivity contribution in [1.82, 2.24) is 0 Å². The van der Waals surface area contributed by atoms with Crippen LogP contribution in [0.4, 0.5) is 10.1 Å². The Labute approximate surface area is 167 Å². The number of benzene rings is 2. The first-order valence-electron chi connectivity index (χ1n) is 8.66. The van der Waals surface area contributed by atoms with Gasteiger partial charge in [0, 0.05) is 11.3 Å². The van der Waals surface area contributed by atoms with Crippen LogP contribution in [-0.4, -0.2) is 45.3 Å². The van der Waals surface area contributed by atoms with Gasteiger partial charge in [0.1, 0.15) is 5.82 Å². The molecule has 29 heavy (non-hydrogen) atoms. The van der Waals surface area contributed by atoms with Gasteiger partial charge in [-0.3, -0.25) is 9.59 Å². The molecule has 1 amide bonds. The Kier molecular flexibility index (Phi) is 5.59. The first-order chi connectivity index (χ1) is 13.5. The second kappa shape index (κ2) is 7.68. The smallest absolute Gasteiger partial charge is 0.258 e. The minimum atomic E-state index is -4.04. The number of sulfone groups is 2. The quantitative estimate of drug-likeness (QED) is 0.564. The Morgan fingerprint density at radius 1 is 1.14 bits per heavy atom. The monoisotopic (exact) mass is 439 g/mol. The Morgan fingerprint density at radius 3 is 2.48 bits per heavy atom. The second-order valence-electron chi connectivity index (χ2n) is 6.80. The molecule has 1 fully saturated rings. The van der Waals surface area contributed by atoms with Gasteiger partial charge in [0.25, 0.3) is 5.91 Å². The third-order valence-corrected chi connectivity index (χ3v) is 8.84. The van der Waals surface area contributed by atoms with E-state index in [0.29, 0.717) is 5.56 Å². The molecule has 3 rings (SSSR count). The normalized spacial score (nSPS) is 18.3. The number of anilines is 1. The predicted molar refractivity (Wildman–Crippen MR) is 105 cm³/mol. The van der Waals surface area contributed by atoms with E-state index in [1.165, 1.54) is 19.1 Å².